The Bertz CT molecular complexity index is 787. The largest absolute Gasteiger partial charge is 0.416 e. The van der Waals surface area contributed by atoms with Crippen LogP contribution in [0.2, 0.25) is 5.02 Å². The minimum absolute atomic E-state index is 0.0443. The molecule has 11 heteroatoms. The molecule has 1 saturated carbocycles. The van der Waals surface area contributed by atoms with Gasteiger partial charge in [-0.1, -0.05) is 11.6 Å². The monoisotopic (exact) mass is 426 g/mol. The van der Waals surface area contributed by atoms with Gasteiger partial charge in [0, 0.05) is 13.1 Å². The zero-order valence-electron chi connectivity index (χ0n) is 14.5. The highest BCUT2D eigenvalue weighted by molar-refractivity contribution is 7.89. The molecular formula is C16H22ClF3N4O2S. The molecule has 0 amide bonds. The number of nitrogens with two attached hydrogens (primary N) is 2. The van der Waals surface area contributed by atoms with E-state index in [1.54, 1.807) is 0 Å². The highest BCUT2D eigenvalue weighted by Gasteiger charge is 2.33. The summed E-state index contributed by atoms with van der Waals surface area (Å²) in [6.07, 6.45) is -1.38. The van der Waals surface area contributed by atoms with Crippen molar-refractivity contribution in [3.8, 4) is 0 Å². The summed E-state index contributed by atoms with van der Waals surface area (Å²) in [5.74, 6) is 0.487. The van der Waals surface area contributed by atoms with Crippen molar-refractivity contribution in [1.29, 1.82) is 0 Å². The van der Waals surface area contributed by atoms with Crippen molar-refractivity contribution in [2.45, 2.75) is 36.8 Å². The Morgan fingerprint density at radius 1 is 1.19 bits per heavy atom. The number of sulfonamides is 1. The predicted molar refractivity (Wildman–Crippen MR) is 97.8 cm³/mol. The molecule has 0 atom stereocenters. The van der Waals surface area contributed by atoms with Crippen molar-refractivity contribution in [2.75, 3.05) is 13.1 Å². The second-order valence-corrected chi connectivity index (χ2v) is 8.79. The molecule has 0 heterocycles. The molecule has 5 N–H and O–H groups in total. The number of nitrogens with zero attached hydrogens (tertiary/aromatic N) is 1. The van der Waals surface area contributed by atoms with Crippen LogP contribution >= 0.6 is 11.6 Å². The summed E-state index contributed by atoms with van der Waals surface area (Å²) in [6.45, 7) is 0.685. The van der Waals surface area contributed by atoms with E-state index in [-0.39, 0.29) is 23.4 Å². The van der Waals surface area contributed by atoms with E-state index in [1.807, 2.05) is 0 Å². The molecule has 152 valence electrons. The molecule has 0 unspecified atom stereocenters. The third-order valence-electron chi connectivity index (χ3n) is 4.61. The number of aliphatic imine (C=N–C) groups is 1. The van der Waals surface area contributed by atoms with Crippen molar-refractivity contribution in [2.24, 2.45) is 28.3 Å². The molecule has 0 spiro atoms. The lowest BCUT2D eigenvalue weighted by atomic mass is 9.82. The lowest BCUT2D eigenvalue weighted by molar-refractivity contribution is -0.137. The Morgan fingerprint density at radius 3 is 2.33 bits per heavy atom. The van der Waals surface area contributed by atoms with E-state index in [0.29, 0.717) is 18.5 Å². The molecule has 1 aromatic rings. The predicted octanol–water partition coefficient (Wildman–Crippen LogP) is 2.72. The summed E-state index contributed by atoms with van der Waals surface area (Å²) in [5, 5.41) is -0.253. The molecule has 0 saturated heterocycles. The van der Waals surface area contributed by atoms with E-state index < -0.39 is 26.7 Å². The van der Waals surface area contributed by atoms with Crippen LogP contribution in [0.3, 0.4) is 0 Å². The van der Waals surface area contributed by atoms with E-state index in [2.05, 4.69) is 9.71 Å². The van der Waals surface area contributed by atoms with E-state index in [4.69, 9.17) is 23.1 Å². The summed E-state index contributed by atoms with van der Waals surface area (Å²) in [6, 6.07) is 2.24. The maximum absolute atomic E-state index is 12.8. The number of alkyl halides is 3. The maximum atomic E-state index is 12.8. The van der Waals surface area contributed by atoms with Crippen LogP contribution in [0.5, 0.6) is 0 Å². The lowest BCUT2D eigenvalue weighted by Crippen LogP contribution is -2.32. The van der Waals surface area contributed by atoms with Crippen molar-refractivity contribution >= 4 is 27.6 Å². The van der Waals surface area contributed by atoms with Gasteiger partial charge in [-0.25, -0.2) is 13.1 Å². The van der Waals surface area contributed by atoms with Gasteiger partial charge in [-0.05, 0) is 55.7 Å². The van der Waals surface area contributed by atoms with Crippen LogP contribution in [0, 0.1) is 11.8 Å². The highest BCUT2D eigenvalue weighted by Crippen LogP contribution is 2.34. The standard InChI is InChI=1S/C16H22ClF3N4O2S/c17-13-6-5-12(16(18,19)20)7-14(13)27(25,26)24-9-11-3-1-10(2-4-11)8-23-15(21)22/h5-7,10-11,24H,1-4,8-9H2,(H4,21,22,23). The number of guanidine groups is 1. The van der Waals surface area contributed by atoms with Crippen LogP contribution in [-0.2, 0) is 16.2 Å². The fraction of sp³-hybridized carbons (Fsp3) is 0.562. The van der Waals surface area contributed by atoms with Gasteiger partial charge in [0.15, 0.2) is 5.96 Å². The topological polar surface area (TPSA) is 111 Å². The Labute approximate surface area is 161 Å². The van der Waals surface area contributed by atoms with Crippen molar-refractivity contribution < 1.29 is 21.6 Å². The molecule has 1 aliphatic carbocycles. The highest BCUT2D eigenvalue weighted by atomic mass is 35.5. The van der Waals surface area contributed by atoms with Crippen LogP contribution < -0.4 is 16.2 Å². The minimum Gasteiger partial charge on any atom is -0.370 e. The summed E-state index contributed by atoms with van der Waals surface area (Å²) in [5.41, 5.74) is 9.55. The second-order valence-electron chi connectivity index (χ2n) is 6.65. The summed E-state index contributed by atoms with van der Waals surface area (Å²) >= 11 is 5.81. The maximum Gasteiger partial charge on any atom is 0.416 e. The normalized spacial score (nSPS) is 21.0. The van der Waals surface area contributed by atoms with Gasteiger partial charge in [0.05, 0.1) is 10.6 Å². The molecular weight excluding hydrogens is 405 g/mol. The van der Waals surface area contributed by atoms with Crippen LogP contribution in [0.15, 0.2) is 28.1 Å². The average molecular weight is 427 g/mol. The molecule has 27 heavy (non-hydrogen) atoms. The van der Waals surface area contributed by atoms with Gasteiger partial charge >= 0.3 is 6.18 Å². The van der Waals surface area contributed by atoms with Crippen molar-refractivity contribution in [3.63, 3.8) is 0 Å². The molecule has 0 aliphatic heterocycles. The van der Waals surface area contributed by atoms with E-state index in [9.17, 15) is 21.6 Å². The molecule has 0 radical (unpaired) electrons. The van der Waals surface area contributed by atoms with Crippen LogP contribution in [-0.4, -0.2) is 27.5 Å². The van der Waals surface area contributed by atoms with Crippen LogP contribution in [0.4, 0.5) is 13.2 Å². The van der Waals surface area contributed by atoms with E-state index in [1.165, 1.54) is 0 Å². The fourth-order valence-corrected chi connectivity index (χ4v) is 4.68. The first-order chi connectivity index (χ1) is 12.5. The Kier molecular flexibility index (Phi) is 6.98. The number of rotatable bonds is 6. The zero-order valence-corrected chi connectivity index (χ0v) is 16.0. The molecule has 0 aromatic heterocycles. The minimum atomic E-state index is -4.65. The molecule has 1 aliphatic rings. The molecule has 1 fully saturated rings. The SMILES string of the molecule is NC(N)=NCC1CCC(CNS(=O)(=O)c2cc(C(F)(F)F)ccc2Cl)CC1. The first-order valence-corrected chi connectivity index (χ1v) is 10.3. The Balaban J connectivity index is 1.97. The molecule has 1 aromatic carbocycles. The Morgan fingerprint density at radius 2 is 1.78 bits per heavy atom. The lowest BCUT2D eigenvalue weighted by Gasteiger charge is -2.27. The van der Waals surface area contributed by atoms with Gasteiger partial charge in [-0.2, -0.15) is 13.2 Å². The quantitative estimate of drug-likeness (QED) is 0.479. The summed E-state index contributed by atoms with van der Waals surface area (Å²) in [7, 11) is -4.14. The fourth-order valence-electron chi connectivity index (χ4n) is 3.04. The number of hydrogen-bond donors (Lipinski definition) is 3. The first kappa shape index (κ1) is 21.8. The average Bonchev–Trinajstić information content (AvgIpc) is 2.58. The number of nitrogens with one attached hydrogen (secondary N) is 1. The first-order valence-electron chi connectivity index (χ1n) is 8.41. The van der Waals surface area contributed by atoms with E-state index in [0.717, 1.165) is 37.8 Å². The summed E-state index contributed by atoms with van der Waals surface area (Å²) in [4.78, 5) is 3.42. The van der Waals surface area contributed by atoms with Crippen molar-refractivity contribution in [1.82, 2.24) is 4.72 Å². The number of benzene rings is 1. The van der Waals surface area contributed by atoms with Gasteiger partial charge in [-0.15, -0.1) is 0 Å². The number of hydrogen-bond acceptors (Lipinski definition) is 3. The Hall–Kier alpha value is -1.52. The van der Waals surface area contributed by atoms with Gasteiger partial charge < -0.3 is 11.5 Å². The number of halogens is 4. The van der Waals surface area contributed by atoms with Gasteiger partial charge in [-0.3, -0.25) is 4.99 Å². The van der Waals surface area contributed by atoms with Crippen molar-refractivity contribution in [3.05, 3.63) is 28.8 Å². The third kappa shape index (κ3) is 6.25. The zero-order chi connectivity index (χ0) is 20.2. The van der Waals surface area contributed by atoms with Crippen LogP contribution in [0.25, 0.3) is 0 Å². The summed E-state index contributed by atoms with van der Waals surface area (Å²) < 4.78 is 65.7. The smallest absolute Gasteiger partial charge is 0.370 e. The molecule has 2 rings (SSSR count). The van der Waals surface area contributed by atoms with Crippen LogP contribution in [0.1, 0.15) is 31.2 Å². The van der Waals surface area contributed by atoms with Gasteiger partial charge in [0.1, 0.15) is 4.90 Å². The van der Waals surface area contributed by atoms with Gasteiger partial charge in [0.2, 0.25) is 10.0 Å². The van der Waals surface area contributed by atoms with Gasteiger partial charge in [0.25, 0.3) is 0 Å². The second kappa shape index (κ2) is 8.66. The third-order valence-corrected chi connectivity index (χ3v) is 6.51. The van der Waals surface area contributed by atoms with E-state index >= 15 is 0 Å². The molecule has 6 nitrogen and oxygen atoms in total. The molecule has 0 bridgehead atoms.